The predicted molar refractivity (Wildman–Crippen MR) is 197 cm³/mol. The molecule has 5 atom stereocenters. The fraction of sp³-hybridized carbons (Fsp3) is 0.553. The van der Waals surface area contributed by atoms with Gasteiger partial charge in [-0.25, -0.2) is 27.1 Å². The smallest absolute Gasteiger partial charge is 0.410 e. The number of fused-ring (bicyclic) bond motifs is 3. The van der Waals surface area contributed by atoms with E-state index in [0.29, 0.717) is 29.0 Å². The van der Waals surface area contributed by atoms with E-state index in [9.17, 15) is 36.8 Å². The SMILES string of the molecule is CC(C)(C)OC(=O)N[C@H]1CCCCCCC[C@H]2C[C@]2(C(=O)NS(=O)(=O)c2ccc(Cl)cc2)NC(=O)[C@@H]2C[C@@H](OC(=O)N3Cc4cccc(F)c4C3)CN2C1=O. The van der Waals surface area contributed by atoms with Crippen LogP contribution < -0.4 is 15.4 Å². The van der Waals surface area contributed by atoms with Crippen LogP contribution in [0.15, 0.2) is 47.4 Å². The van der Waals surface area contributed by atoms with Crippen LogP contribution in [0.2, 0.25) is 5.02 Å². The molecule has 0 aromatic heterocycles. The molecule has 0 radical (unpaired) electrons. The number of hydrogen-bond acceptors (Lipinski definition) is 9. The Morgan fingerprint density at radius 2 is 1.67 bits per heavy atom. The summed E-state index contributed by atoms with van der Waals surface area (Å²) in [5, 5.41) is 5.79. The Morgan fingerprint density at radius 3 is 2.36 bits per heavy atom. The molecule has 1 aliphatic carbocycles. The van der Waals surface area contributed by atoms with Crippen LogP contribution in [0.25, 0.3) is 0 Å². The molecule has 2 saturated heterocycles. The molecule has 4 aliphatic rings. The van der Waals surface area contributed by atoms with Crippen molar-refractivity contribution in [2.45, 2.75) is 126 Å². The molecule has 298 valence electrons. The number of sulfonamides is 1. The summed E-state index contributed by atoms with van der Waals surface area (Å²) in [6.07, 6.45) is 1.93. The van der Waals surface area contributed by atoms with E-state index in [1.807, 2.05) is 0 Å². The van der Waals surface area contributed by atoms with Gasteiger partial charge < -0.3 is 25.0 Å². The quantitative estimate of drug-likeness (QED) is 0.378. The van der Waals surface area contributed by atoms with Gasteiger partial charge in [0.25, 0.3) is 15.9 Å². The Labute approximate surface area is 324 Å². The summed E-state index contributed by atoms with van der Waals surface area (Å²) >= 11 is 5.93. The molecule has 2 aromatic rings. The average molecular weight is 804 g/mol. The van der Waals surface area contributed by atoms with E-state index in [0.717, 1.165) is 25.7 Å². The fourth-order valence-electron chi connectivity index (χ4n) is 7.63. The van der Waals surface area contributed by atoms with Crippen LogP contribution in [-0.4, -0.2) is 84.0 Å². The Hall–Kier alpha value is -4.44. The fourth-order valence-corrected chi connectivity index (χ4v) is 8.80. The predicted octanol–water partition coefficient (Wildman–Crippen LogP) is 4.92. The van der Waals surface area contributed by atoms with Gasteiger partial charge in [-0.1, -0.05) is 55.8 Å². The molecule has 0 unspecified atom stereocenters. The number of hydrogen-bond donors (Lipinski definition) is 3. The maximum Gasteiger partial charge on any atom is 0.410 e. The topological polar surface area (TPSA) is 181 Å². The number of nitrogens with one attached hydrogen (secondary N) is 3. The Morgan fingerprint density at radius 1 is 0.982 bits per heavy atom. The van der Waals surface area contributed by atoms with E-state index >= 15 is 0 Å². The number of ether oxygens (including phenoxy) is 2. The molecular weight excluding hydrogens is 757 g/mol. The van der Waals surface area contributed by atoms with Gasteiger partial charge in [-0.05, 0) is 81.8 Å². The monoisotopic (exact) mass is 803 g/mol. The number of alkyl carbamates (subject to hydrolysis) is 1. The minimum atomic E-state index is -4.34. The van der Waals surface area contributed by atoms with Crippen LogP contribution in [-0.2, 0) is 47.0 Å². The largest absolute Gasteiger partial charge is 0.444 e. The van der Waals surface area contributed by atoms with Gasteiger partial charge in [0.2, 0.25) is 11.8 Å². The molecule has 3 N–H and O–H groups in total. The third-order valence-electron chi connectivity index (χ3n) is 10.5. The Kier molecular flexibility index (Phi) is 11.7. The first kappa shape index (κ1) is 40.2. The first-order valence-corrected chi connectivity index (χ1v) is 20.5. The normalized spacial score (nSPS) is 26.0. The van der Waals surface area contributed by atoms with Crippen molar-refractivity contribution in [1.29, 1.82) is 0 Å². The molecule has 6 rings (SSSR count). The van der Waals surface area contributed by atoms with Crippen LogP contribution >= 0.6 is 11.6 Å². The molecule has 3 fully saturated rings. The van der Waals surface area contributed by atoms with Crippen molar-refractivity contribution >= 4 is 51.5 Å². The zero-order chi connectivity index (χ0) is 39.7. The summed E-state index contributed by atoms with van der Waals surface area (Å²) < 4.78 is 54.4. The van der Waals surface area contributed by atoms with Gasteiger partial charge in [0.1, 0.15) is 35.1 Å². The van der Waals surface area contributed by atoms with Crippen molar-refractivity contribution in [2.24, 2.45) is 5.92 Å². The van der Waals surface area contributed by atoms with Gasteiger partial charge in [-0.3, -0.25) is 19.3 Å². The van der Waals surface area contributed by atoms with E-state index in [2.05, 4.69) is 15.4 Å². The Bertz CT molecular complexity index is 1940. The van der Waals surface area contributed by atoms with Crippen LogP contribution in [0.5, 0.6) is 0 Å². The van der Waals surface area contributed by atoms with E-state index in [1.165, 1.54) is 40.1 Å². The number of halogens is 2. The van der Waals surface area contributed by atoms with Crippen LogP contribution in [0.1, 0.15) is 89.7 Å². The zero-order valence-electron chi connectivity index (χ0n) is 31.1. The second kappa shape index (κ2) is 16.0. The molecule has 3 aliphatic heterocycles. The summed E-state index contributed by atoms with van der Waals surface area (Å²) in [7, 11) is -4.34. The third-order valence-corrected chi connectivity index (χ3v) is 12.1. The van der Waals surface area contributed by atoms with Gasteiger partial charge in [0.15, 0.2) is 0 Å². The lowest BCUT2D eigenvalue weighted by atomic mass is 10.0. The van der Waals surface area contributed by atoms with Crippen molar-refractivity contribution in [3.05, 3.63) is 64.4 Å². The van der Waals surface area contributed by atoms with Crippen LogP contribution in [0, 0.1) is 11.7 Å². The van der Waals surface area contributed by atoms with Crippen molar-refractivity contribution in [2.75, 3.05) is 6.54 Å². The van der Waals surface area contributed by atoms with Crippen molar-refractivity contribution < 1.29 is 46.3 Å². The second-order valence-electron chi connectivity index (χ2n) is 15.8. The molecule has 5 amide bonds. The summed E-state index contributed by atoms with van der Waals surface area (Å²) in [6, 6.07) is 7.53. The highest BCUT2D eigenvalue weighted by Crippen LogP contribution is 2.48. The maximum absolute atomic E-state index is 14.5. The molecular formula is C38H47ClFN5O9S. The molecule has 0 spiro atoms. The lowest BCUT2D eigenvalue weighted by molar-refractivity contribution is -0.141. The number of nitrogens with zero attached hydrogens (tertiary/aromatic N) is 2. The molecule has 0 bridgehead atoms. The minimum absolute atomic E-state index is 0.0139. The van der Waals surface area contributed by atoms with Crippen LogP contribution in [0.4, 0.5) is 14.0 Å². The van der Waals surface area contributed by atoms with E-state index in [1.54, 1.807) is 32.9 Å². The highest BCUT2D eigenvalue weighted by Gasteiger charge is 2.62. The number of carbonyl (C=O) groups excluding carboxylic acids is 5. The third kappa shape index (κ3) is 9.34. The first-order valence-electron chi connectivity index (χ1n) is 18.6. The lowest BCUT2D eigenvalue weighted by Gasteiger charge is -2.30. The number of carbonyl (C=O) groups is 5. The molecule has 14 nitrogen and oxygen atoms in total. The molecule has 2 aromatic carbocycles. The summed E-state index contributed by atoms with van der Waals surface area (Å²) in [4.78, 5) is 71.3. The van der Waals surface area contributed by atoms with Crippen LogP contribution in [0.3, 0.4) is 0 Å². The first-order chi connectivity index (χ1) is 26.0. The zero-order valence-corrected chi connectivity index (χ0v) is 32.6. The minimum Gasteiger partial charge on any atom is -0.444 e. The Balaban J connectivity index is 1.26. The van der Waals surface area contributed by atoms with Crippen molar-refractivity contribution in [1.82, 2.24) is 25.2 Å². The maximum atomic E-state index is 14.5. The van der Waals surface area contributed by atoms with Gasteiger partial charge >= 0.3 is 12.2 Å². The standard InChI is InChI=1S/C38H47ClFN5O9S/c1-37(2,3)54-35(49)41-30-13-8-6-4-5-7-11-24-19-38(24,34(48)43-55(51,52)27-16-14-25(39)15-17-27)42-32(46)31-18-26(21-45(31)33(30)47)53-36(50)44-20-23-10-9-12-29(40)28(23)22-44/h9-10,12,14-17,24,26,30-31H,4-8,11,13,18-22H2,1-3H3,(H,41,49)(H,42,46)(H,43,48)/t24-,26+,30-,31-,38-/m0/s1. The van der Waals surface area contributed by atoms with Gasteiger partial charge in [0, 0.05) is 23.6 Å². The van der Waals surface area contributed by atoms with E-state index < -0.39 is 75.1 Å². The summed E-state index contributed by atoms with van der Waals surface area (Å²) in [5.74, 6) is -3.07. The second-order valence-corrected chi connectivity index (χ2v) is 17.9. The molecule has 1 saturated carbocycles. The van der Waals surface area contributed by atoms with E-state index in [-0.39, 0.29) is 49.7 Å². The van der Waals surface area contributed by atoms with Crippen molar-refractivity contribution in [3.8, 4) is 0 Å². The average Bonchev–Trinajstić information content (AvgIpc) is 3.40. The molecule has 3 heterocycles. The highest BCUT2D eigenvalue weighted by molar-refractivity contribution is 7.90. The summed E-state index contributed by atoms with van der Waals surface area (Å²) in [5.41, 5.74) is -1.41. The van der Waals surface area contributed by atoms with Gasteiger partial charge in [-0.2, -0.15) is 0 Å². The lowest BCUT2D eigenvalue weighted by Crippen LogP contribution is -2.58. The number of rotatable bonds is 5. The highest BCUT2D eigenvalue weighted by atomic mass is 35.5. The number of amides is 5. The number of benzene rings is 2. The molecule has 17 heteroatoms. The van der Waals surface area contributed by atoms with E-state index in [4.69, 9.17) is 21.1 Å². The van der Waals surface area contributed by atoms with Gasteiger partial charge in [0.05, 0.1) is 18.0 Å². The molecule has 55 heavy (non-hydrogen) atoms. The van der Waals surface area contributed by atoms with Crippen molar-refractivity contribution in [3.63, 3.8) is 0 Å². The van der Waals surface area contributed by atoms with Gasteiger partial charge in [-0.15, -0.1) is 0 Å². The summed E-state index contributed by atoms with van der Waals surface area (Å²) in [6.45, 7) is 4.96.